The van der Waals surface area contributed by atoms with E-state index in [1.54, 1.807) is 5.57 Å². The average molecular weight is 548 g/mol. The predicted octanol–water partition coefficient (Wildman–Crippen LogP) is 10.0. The maximum atomic E-state index is 12.3. The van der Waals surface area contributed by atoms with Crippen LogP contribution in [0.2, 0.25) is 0 Å². The smallest absolute Gasteiger partial charge is 0.259 e. The van der Waals surface area contributed by atoms with Gasteiger partial charge in [-0.1, -0.05) is 112 Å². The molecule has 4 aliphatic carbocycles. The minimum absolute atomic E-state index is 0.246. The van der Waals surface area contributed by atoms with Crippen LogP contribution < -0.4 is 0 Å². The van der Waals surface area contributed by atoms with Crippen LogP contribution in [0, 0.1) is 46.3 Å². The molecule has 0 aromatic carbocycles. The summed E-state index contributed by atoms with van der Waals surface area (Å²) in [6, 6.07) is 0. The van der Waals surface area contributed by atoms with Crippen molar-refractivity contribution in [1.82, 2.24) is 0 Å². The normalized spacial score (nSPS) is 40.9. The molecule has 0 N–H and O–H groups in total. The van der Waals surface area contributed by atoms with Crippen molar-refractivity contribution in [3.8, 4) is 0 Å². The van der Waals surface area contributed by atoms with Gasteiger partial charge < -0.3 is 0 Å². The molecule has 3 saturated carbocycles. The van der Waals surface area contributed by atoms with E-state index in [4.69, 9.17) is 34.8 Å². The Morgan fingerprint density at radius 2 is 1.79 bits per heavy atom. The number of carbonyl (C=O) groups is 1. The molecule has 0 aliphatic heterocycles. The fourth-order valence-electron chi connectivity index (χ4n) is 8.97. The van der Waals surface area contributed by atoms with Crippen LogP contribution in [0.4, 0.5) is 0 Å². The number of allylic oxidation sites excluding steroid dienone is 2. The molecule has 0 heterocycles. The fraction of sp³-hybridized carbons (Fsp3) is 0.897. The van der Waals surface area contributed by atoms with E-state index in [9.17, 15) is 4.79 Å². The van der Waals surface area contributed by atoms with Crippen LogP contribution >= 0.6 is 46.6 Å². The van der Waals surface area contributed by atoms with E-state index in [2.05, 4.69) is 40.7 Å². The zero-order valence-electron chi connectivity index (χ0n) is 21.8. The summed E-state index contributed by atoms with van der Waals surface area (Å²) in [5.74, 6) is 5.12. The standard InChI is InChI=1S/C29H45Cl3OS/c1-18(2)7-6-8-19(3)23-11-12-24-22-10-9-20-17-21(34-26(33)29(30,31)32)13-15-27(20,4)25(22)14-16-28(23,24)5/h9,18-19,21-25H,6-8,10-17H2,1-5H3/t19-,21+,22+,23-,24+,25+,27+,28-/m1/s1. The first-order valence-electron chi connectivity index (χ1n) is 13.8. The Morgan fingerprint density at radius 3 is 2.47 bits per heavy atom. The number of thioether (sulfide) groups is 1. The lowest BCUT2D eigenvalue weighted by Gasteiger charge is -2.58. The third-order valence-electron chi connectivity index (χ3n) is 10.8. The van der Waals surface area contributed by atoms with Gasteiger partial charge in [-0.15, -0.1) is 0 Å². The van der Waals surface area contributed by atoms with E-state index in [0.29, 0.717) is 10.8 Å². The van der Waals surface area contributed by atoms with Crippen molar-refractivity contribution in [3.63, 3.8) is 0 Å². The highest BCUT2D eigenvalue weighted by atomic mass is 35.6. The number of hydrogen-bond donors (Lipinski definition) is 0. The largest absolute Gasteiger partial charge is 0.282 e. The molecule has 1 nitrogen and oxygen atoms in total. The summed E-state index contributed by atoms with van der Waals surface area (Å²) < 4.78 is -1.81. The first-order valence-corrected chi connectivity index (χ1v) is 15.8. The number of carbonyl (C=O) groups excluding carboxylic acids is 1. The molecule has 8 atom stereocenters. The van der Waals surface area contributed by atoms with Crippen LogP contribution in [0.25, 0.3) is 0 Å². The first kappa shape index (κ1) is 27.7. The van der Waals surface area contributed by atoms with Crippen LogP contribution in [0.15, 0.2) is 11.6 Å². The van der Waals surface area contributed by atoms with Gasteiger partial charge in [-0.25, -0.2) is 0 Å². The van der Waals surface area contributed by atoms with Gasteiger partial charge >= 0.3 is 0 Å². The van der Waals surface area contributed by atoms with E-state index < -0.39 is 3.79 Å². The van der Waals surface area contributed by atoms with Crippen molar-refractivity contribution >= 4 is 51.7 Å². The Bertz CT molecular complexity index is 789. The van der Waals surface area contributed by atoms with Gasteiger partial charge in [0.05, 0.1) is 0 Å². The van der Waals surface area contributed by atoms with Crippen LogP contribution in [-0.4, -0.2) is 14.2 Å². The molecule has 0 aromatic heterocycles. The molecular weight excluding hydrogens is 503 g/mol. The second kappa shape index (κ2) is 10.4. The molecule has 4 rings (SSSR count). The molecule has 4 aliphatic rings. The molecule has 34 heavy (non-hydrogen) atoms. The lowest BCUT2D eigenvalue weighted by atomic mass is 9.47. The molecule has 0 aromatic rings. The summed E-state index contributed by atoms with van der Waals surface area (Å²) in [6.07, 6.45) is 16.9. The van der Waals surface area contributed by atoms with Gasteiger partial charge in [-0.2, -0.15) is 0 Å². The number of rotatable bonds is 6. The number of hydrogen-bond acceptors (Lipinski definition) is 2. The second-order valence-corrected chi connectivity index (χ2v) is 16.6. The highest BCUT2D eigenvalue weighted by Crippen LogP contribution is 2.67. The maximum Gasteiger partial charge on any atom is 0.259 e. The zero-order chi connectivity index (χ0) is 24.9. The topological polar surface area (TPSA) is 17.1 Å². The molecule has 0 unspecified atom stereocenters. The predicted molar refractivity (Wildman–Crippen MR) is 150 cm³/mol. The number of fused-ring (bicyclic) bond motifs is 5. The second-order valence-electron chi connectivity index (χ2n) is 13.1. The summed E-state index contributed by atoms with van der Waals surface area (Å²) in [5.41, 5.74) is 2.42. The van der Waals surface area contributed by atoms with Gasteiger partial charge in [0, 0.05) is 5.25 Å². The SMILES string of the molecule is CC(C)CCC[C@@H](C)[C@H]1CC[C@H]2[C@@H]3CC=C4C[C@@H](SC(=O)C(Cl)(Cl)Cl)CC[C@]4(C)[C@H]3CC[C@]12C. The van der Waals surface area contributed by atoms with Crippen molar-refractivity contribution in [3.05, 3.63) is 11.6 Å². The Labute approximate surface area is 227 Å². The van der Waals surface area contributed by atoms with Crippen molar-refractivity contribution in [1.29, 1.82) is 0 Å². The van der Waals surface area contributed by atoms with Gasteiger partial charge in [0.2, 0.25) is 5.12 Å². The van der Waals surface area contributed by atoms with Crippen LogP contribution in [0.1, 0.15) is 105 Å². The van der Waals surface area contributed by atoms with Crippen molar-refractivity contribution in [2.75, 3.05) is 0 Å². The number of halogens is 3. The Morgan fingerprint density at radius 1 is 1.06 bits per heavy atom. The maximum absolute atomic E-state index is 12.3. The average Bonchev–Trinajstić information content (AvgIpc) is 3.10. The molecule has 194 valence electrons. The van der Waals surface area contributed by atoms with Gasteiger partial charge in [0.25, 0.3) is 3.79 Å². The molecule has 0 radical (unpaired) electrons. The quantitative estimate of drug-likeness (QED) is 0.243. The van der Waals surface area contributed by atoms with Crippen molar-refractivity contribution in [2.24, 2.45) is 46.3 Å². The first-order chi connectivity index (χ1) is 15.9. The molecule has 0 saturated heterocycles. The summed E-state index contributed by atoms with van der Waals surface area (Å²) in [4.78, 5) is 12.3. The Hall–Kier alpha value is 0.630. The highest BCUT2D eigenvalue weighted by Gasteiger charge is 2.59. The van der Waals surface area contributed by atoms with E-state index in [1.165, 1.54) is 69.5 Å². The summed E-state index contributed by atoms with van der Waals surface area (Å²) in [6.45, 7) is 12.5. The minimum Gasteiger partial charge on any atom is -0.282 e. The summed E-state index contributed by atoms with van der Waals surface area (Å²) in [7, 11) is 0. The third-order valence-corrected chi connectivity index (χ3v) is 12.9. The molecule has 5 heteroatoms. The van der Waals surface area contributed by atoms with Gasteiger partial charge in [-0.05, 0) is 97.7 Å². The minimum atomic E-state index is -1.81. The Kier molecular flexibility index (Phi) is 8.47. The van der Waals surface area contributed by atoms with E-state index in [-0.39, 0.29) is 10.4 Å². The van der Waals surface area contributed by atoms with E-state index >= 15 is 0 Å². The van der Waals surface area contributed by atoms with E-state index in [1.807, 2.05) is 0 Å². The van der Waals surface area contributed by atoms with Crippen molar-refractivity contribution < 1.29 is 4.79 Å². The molecular formula is C29H45Cl3OS. The number of alkyl halides is 3. The molecule has 0 amide bonds. The van der Waals surface area contributed by atoms with Gasteiger partial charge in [-0.3, -0.25) is 4.79 Å². The van der Waals surface area contributed by atoms with Crippen molar-refractivity contribution in [2.45, 2.75) is 114 Å². The summed E-state index contributed by atoms with van der Waals surface area (Å²) in [5, 5.41) is -0.0799. The highest BCUT2D eigenvalue weighted by molar-refractivity contribution is 8.14. The molecule has 3 fully saturated rings. The van der Waals surface area contributed by atoms with Crippen LogP contribution in [0.5, 0.6) is 0 Å². The summed E-state index contributed by atoms with van der Waals surface area (Å²) >= 11 is 18.8. The van der Waals surface area contributed by atoms with E-state index in [0.717, 1.165) is 48.3 Å². The van der Waals surface area contributed by atoms with Gasteiger partial charge in [0.15, 0.2) is 0 Å². The monoisotopic (exact) mass is 546 g/mol. The van der Waals surface area contributed by atoms with Crippen LogP contribution in [-0.2, 0) is 4.79 Å². The fourth-order valence-corrected chi connectivity index (χ4v) is 10.3. The third kappa shape index (κ3) is 5.28. The molecule has 0 spiro atoms. The van der Waals surface area contributed by atoms with Gasteiger partial charge in [0.1, 0.15) is 0 Å². The molecule has 0 bridgehead atoms. The Balaban J connectivity index is 1.44. The zero-order valence-corrected chi connectivity index (χ0v) is 24.9. The van der Waals surface area contributed by atoms with Crippen LogP contribution in [0.3, 0.4) is 0 Å². The lowest BCUT2D eigenvalue weighted by Crippen LogP contribution is -2.50. The lowest BCUT2D eigenvalue weighted by molar-refractivity contribution is -0.110.